The summed E-state index contributed by atoms with van der Waals surface area (Å²) >= 11 is 12.4. The van der Waals surface area contributed by atoms with Crippen LogP contribution < -0.4 is 0 Å². The number of hydrogen-bond acceptors (Lipinski definition) is 4. The van der Waals surface area contributed by atoms with Crippen molar-refractivity contribution in [3.63, 3.8) is 0 Å². The molecule has 1 amide bonds. The van der Waals surface area contributed by atoms with Gasteiger partial charge < -0.3 is 14.7 Å². The van der Waals surface area contributed by atoms with Gasteiger partial charge in [-0.15, -0.1) is 6.58 Å². The van der Waals surface area contributed by atoms with Gasteiger partial charge in [0.25, 0.3) is 0 Å². The molecule has 206 valence electrons. The van der Waals surface area contributed by atoms with Crippen molar-refractivity contribution in [2.75, 3.05) is 33.3 Å². The van der Waals surface area contributed by atoms with E-state index in [0.29, 0.717) is 22.5 Å². The van der Waals surface area contributed by atoms with Gasteiger partial charge in [0.2, 0.25) is 5.91 Å². The molecule has 2 aliphatic rings. The summed E-state index contributed by atoms with van der Waals surface area (Å²) in [5.74, 6) is 0.683. The molecule has 2 aromatic carbocycles. The van der Waals surface area contributed by atoms with Crippen molar-refractivity contribution in [3.05, 3.63) is 76.3 Å². The van der Waals surface area contributed by atoms with Crippen LogP contribution in [0, 0.1) is 5.92 Å². The maximum Gasteiger partial charge on any atom is 0.227 e. The topological polar surface area (TPSA) is 53.0 Å². The van der Waals surface area contributed by atoms with Crippen LogP contribution in [-0.4, -0.2) is 65.7 Å². The minimum Gasteiger partial charge on any atom is -0.508 e. The van der Waals surface area contributed by atoms with E-state index in [1.807, 2.05) is 31.4 Å². The fourth-order valence-corrected chi connectivity index (χ4v) is 7.07. The third-order valence-corrected chi connectivity index (χ3v) is 9.25. The Morgan fingerprint density at radius 2 is 2.03 bits per heavy atom. The Morgan fingerprint density at radius 3 is 2.68 bits per heavy atom. The van der Waals surface area contributed by atoms with Crippen molar-refractivity contribution in [2.45, 2.75) is 63.0 Å². The highest BCUT2D eigenvalue weighted by molar-refractivity contribution is 6.42. The van der Waals surface area contributed by atoms with Crippen molar-refractivity contribution >= 4 is 29.1 Å². The summed E-state index contributed by atoms with van der Waals surface area (Å²) in [6.07, 6.45) is 5.57. The van der Waals surface area contributed by atoms with Gasteiger partial charge in [-0.25, -0.2) is 0 Å². The van der Waals surface area contributed by atoms with Crippen LogP contribution in [-0.2, 0) is 21.4 Å². The van der Waals surface area contributed by atoms with E-state index >= 15 is 0 Å². The lowest BCUT2D eigenvalue weighted by Crippen LogP contribution is -2.68. The molecule has 0 bridgehead atoms. The Bertz CT molecular complexity index is 1160. The molecule has 2 aromatic rings. The molecule has 3 atom stereocenters. The largest absolute Gasteiger partial charge is 0.508 e. The van der Waals surface area contributed by atoms with Crippen molar-refractivity contribution < 1.29 is 14.6 Å². The summed E-state index contributed by atoms with van der Waals surface area (Å²) in [5, 5.41) is 11.4. The molecular formula is C31H40Cl2N2O3. The van der Waals surface area contributed by atoms with Gasteiger partial charge in [-0.1, -0.05) is 61.3 Å². The van der Waals surface area contributed by atoms with E-state index in [2.05, 4.69) is 36.3 Å². The predicted octanol–water partition coefficient (Wildman–Crippen LogP) is 6.49. The quantitative estimate of drug-likeness (QED) is 0.357. The molecule has 1 heterocycles. The first kappa shape index (κ1) is 28.9. The van der Waals surface area contributed by atoms with Crippen LogP contribution in [0.25, 0.3) is 0 Å². The molecule has 38 heavy (non-hydrogen) atoms. The number of piperidine rings is 1. The first-order chi connectivity index (χ1) is 18.1. The third kappa shape index (κ3) is 5.77. The molecule has 2 fully saturated rings. The Labute approximate surface area is 237 Å². The first-order valence-corrected chi connectivity index (χ1v) is 14.3. The van der Waals surface area contributed by atoms with E-state index in [1.165, 1.54) is 0 Å². The van der Waals surface area contributed by atoms with E-state index in [0.717, 1.165) is 56.4 Å². The number of halogens is 2. The van der Waals surface area contributed by atoms with Gasteiger partial charge in [0, 0.05) is 38.2 Å². The molecule has 1 aliphatic heterocycles. The molecule has 0 spiro atoms. The fourth-order valence-electron chi connectivity index (χ4n) is 6.75. The van der Waals surface area contributed by atoms with Crippen molar-refractivity contribution in [1.82, 2.24) is 9.80 Å². The Hall–Kier alpha value is -2.05. The molecule has 0 unspecified atom stereocenters. The Balaban J connectivity index is 1.70. The number of fused-ring (bicyclic) bond motifs is 1. The standard InChI is InChI=1S/C31H40Cl2N2O3/c1-5-14-34-15-13-30(24-7-6-8-26(36)18-24)19-25(11-12-31(30,21-34)38-4)35(20-22(2)3)29(37)17-23-9-10-27(32)28(33)16-23/h5-10,16,18,22,25,36H,1,11-15,17,19-21H2,2-4H3/t25-,30-,31-/m0/s1. The maximum absolute atomic E-state index is 13.8. The third-order valence-electron chi connectivity index (χ3n) is 8.51. The minimum atomic E-state index is -0.422. The zero-order valence-electron chi connectivity index (χ0n) is 22.8. The number of methoxy groups -OCH3 is 1. The highest BCUT2D eigenvalue weighted by Gasteiger charge is 2.59. The lowest BCUT2D eigenvalue weighted by molar-refractivity contribution is -0.161. The molecule has 0 aromatic heterocycles. The summed E-state index contributed by atoms with van der Waals surface area (Å²) in [6, 6.07) is 13.1. The molecular weight excluding hydrogens is 519 g/mol. The number of likely N-dealkylation sites (tertiary alicyclic amines) is 1. The van der Waals surface area contributed by atoms with Gasteiger partial charge in [0.1, 0.15) is 5.75 Å². The number of phenols is 1. The molecule has 7 heteroatoms. The molecule has 0 radical (unpaired) electrons. The van der Waals surface area contributed by atoms with Gasteiger partial charge >= 0.3 is 0 Å². The summed E-state index contributed by atoms with van der Waals surface area (Å²) in [6.45, 7) is 11.4. The number of carbonyl (C=O) groups is 1. The van der Waals surface area contributed by atoms with Gasteiger partial charge in [-0.3, -0.25) is 9.69 Å². The number of nitrogens with zero attached hydrogens (tertiary/aromatic N) is 2. The molecule has 1 saturated heterocycles. The molecule has 5 nitrogen and oxygen atoms in total. The average molecular weight is 560 g/mol. The number of amides is 1. The van der Waals surface area contributed by atoms with E-state index in [1.54, 1.807) is 18.2 Å². The molecule has 1 aliphatic carbocycles. The highest BCUT2D eigenvalue weighted by atomic mass is 35.5. The van der Waals surface area contributed by atoms with E-state index in [9.17, 15) is 9.90 Å². The van der Waals surface area contributed by atoms with Crippen molar-refractivity contribution in [2.24, 2.45) is 5.92 Å². The monoisotopic (exact) mass is 558 g/mol. The van der Waals surface area contributed by atoms with Gasteiger partial charge in [0.15, 0.2) is 0 Å². The minimum absolute atomic E-state index is 0.0595. The van der Waals surface area contributed by atoms with E-state index in [4.69, 9.17) is 27.9 Å². The average Bonchev–Trinajstić information content (AvgIpc) is 2.89. The second-order valence-corrected chi connectivity index (χ2v) is 12.2. The smallest absolute Gasteiger partial charge is 0.227 e. The summed E-state index contributed by atoms with van der Waals surface area (Å²) in [7, 11) is 1.82. The normalized spacial score (nSPS) is 25.7. The molecule has 1 N–H and O–H groups in total. The number of benzene rings is 2. The van der Waals surface area contributed by atoms with Crippen LogP contribution in [0.2, 0.25) is 10.0 Å². The summed E-state index contributed by atoms with van der Waals surface area (Å²) in [5.41, 5.74) is 1.19. The number of ether oxygens (including phenoxy) is 1. The number of hydrogen-bond donors (Lipinski definition) is 1. The van der Waals surface area contributed by atoms with Crippen LogP contribution in [0.4, 0.5) is 0 Å². The number of aromatic hydroxyl groups is 1. The van der Waals surface area contributed by atoms with Crippen LogP contribution in [0.5, 0.6) is 5.75 Å². The van der Waals surface area contributed by atoms with Gasteiger partial charge in [-0.2, -0.15) is 0 Å². The van der Waals surface area contributed by atoms with E-state index in [-0.39, 0.29) is 29.5 Å². The Kier molecular flexibility index (Phi) is 9.14. The molecule has 4 rings (SSSR count). The SMILES string of the molecule is C=CCN1CC[C@@]2(c3cccc(O)c3)C[C@@H](N(CC(C)C)C(=O)Cc3ccc(Cl)c(Cl)c3)CC[C@]2(OC)C1. The number of carbonyl (C=O) groups excluding carboxylic acids is 1. The first-order valence-electron chi connectivity index (χ1n) is 13.5. The van der Waals surface area contributed by atoms with E-state index < -0.39 is 5.60 Å². The second kappa shape index (κ2) is 12.0. The van der Waals surface area contributed by atoms with Crippen LogP contribution in [0.1, 0.15) is 50.7 Å². The van der Waals surface area contributed by atoms with Gasteiger partial charge in [0.05, 0.1) is 22.1 Å². The zero-order valence-corrected chi connectivity index (χ0v) is 24.3. The Morgan fingerprint density at radius 1 is 1.24 bits per heavy atom. The van der Waals surface area contributed by atoms with Crippen LogP contribution in [0.15, 0.2) is 55.1 Å². The van der Waals surface area contributed by atoms with Gasteiger partial charge in [-0.05, 0) is 73.5 Å². The lowest BCUT2D eigenvalue weighted by Gasteiger charge is -2.60. The molecule has 1 saturated carbocycles. The maximum atomic E-state index is 13.8. The second-order valence-electron chi connectivity index (χ2n) is 11.4. The number of phenolic OH excluding ortho intramolecular Hbond substituents is 1. The van der Waals surface area contributed by atoms with Crippen molar-refractivity contribution in [3.8, 4) is 5.75 Å². The van der Waals surface area contributed by atoms with Crippen molar-refractivity contribution in [1.29, 1.82) is 0 Å². The summed E-state index contributed by atoms with van der Waals surface area (Å²) < 4.78 is 6.46. The predicted molar refractivity (Wildman–Crippen MR) is 155 cm³/mol. The van der Waals surface area contributed by atoms with Crippen LogP contribution in [0.3, 0.4) is 0 Å². The zero-order chi connectivity index (χ0) is 27.5. The summed E-state index contributed by atoms with van der Waals surface area (Å²) in [4.78, 5) is 18.3. The van der Waals surface area contributed by atoms with Crippen LogP contribution >= 0.6 is 23.2 Å². The highest BCUT2D eigenvalue weighted by Crippen LogP contribution is 2.54. The number of rotatable bonds is 9. The fraction of sp³-hybridized carbons (Fsp3) is 0.516. The lowest BCUT2D eigenvalue weighted by atomic mass is 9.55.